The SMILES string of the molecule is N#Cc1cccc(-c2cc(F)cc(-c3cccc(C#N)c3)c2F)c1. The van der Waals surface area contributed by atoms with Crippen molar-refractivity contribution in [2.75, 3.05) is 0 Å². The van der Waals surface area contributed by atoms with Gasteiger partial charge in [-0.05, 0) is 47.5 Å². The summed E-state index contributed by atoms with van der Waals surface area (Å²) in [4.78, 5) is 0. The van der Waals surface area contributed by atoms with Gasteiger partial charge in [0.2, 0.25) is 0 Å². The van der Waals surface area contributed by atoms with Crippen LogP contribution in [0.1, 0.15) is 11.1 Å². The van der Waals surface area contributed by atoms with Gasteiger partial charge in [-0.2, -0.15) is 10.5 Å². The van der Waals surface area contributed by atoms with E-state index in [9.17, 15) is 8.78 Å². The van der Waals surface area contributed by atoms with Gasteiger partial charge >= 0.3 is 0 Å². The number of benzene rings is 3. The van der Waals surface area contributed by atoms with E-state index in [0.29, 0.717) is 22.3 Å². The topological polar surface area (TPSA) is 47.6 Å². The maximum absolute atomic E-state index is 15.0. The van der Waals surface area contributed by atoms with E-state index in [-0.39, 0.29) is 11.1 Å². The highest BCUT2D eigenvalue weighted by Gasteiger charge is 2.15. The number of hydrogen-bond acceptors (Lipinski definition) is 2. The quantitative estimate of drug-likeness (QED) is 0.665. The highest BCUT2D eigenvalue weighted by atomic mass is 19.1. The van der Waals surface area contributed by atoms with E-state index in [4.69, 9.17) is 10.5 Å². The first kappa shape index (κ1) is 15.4. The monoisotopic (exact) mass is 316 g/mol. The fourth-order valence-electron chi connectivity index (χ4n) is 2.52. The van der Waals surface area contributed by atoms with E-state index >= 15 is 0 Å². The van der Waals surface area contributed by atoms with E-state index in [1.807, 2.05) is 12.1 Å². The van der Waals surface area contributed by atoms with Crippen LogP contribution in [0.3, 0.4) is 0 Å². The van der Waals surface area contributed by atoms with Crippen molar-refractivity contribution in [3.05, 3.63) is 83.4 Å². The van der Waals surface area contributed by atoms with E-state index in [1.165, 1.54) is 12.1 Å². The van der Waals surface area contributed by atoms with Gasteiger partial charge in [-0.1, -0.05) is 24.3 Å². The molecule has 0 amide bonds. The van der Waals surface area contributed by atoms with Gasteiger partial charge in [-0.3, -0.25) is 0 Å². The Kier molecular flexibility index (Phi) is 4.05. The third-order valence-electron chi connectivity index (χ3n) is 3.64. The summed E-state index contributed by atoms with van der Waals surface area (Å²) < 4.78 is 29.0. The summed E-state index contributed by atoms with van der Waals surface area (Å²) in [6.07, 6.45) is 0. The Morgan fingerprint density at radius 3 is 1.54 bits per heavy atom. The first-order valence-electron chi connectivity index (χ1n) is 7.12. The minimum absolute atomic E-state index is 0.0736. The van der Waals surface area contributed by atoms with Crippen molar-refractivity contribution >= 4 is 0 Å². The standard InChI is InChI=1S/C20H10F2N2/c21-17-9-18(15-5-1-3-13(7-15)11-23)20(22)19(10-17)16-6-2-4-14(8-16)12-24/h1-10H. The molecule has 4 heteroatoms. The van der Waals surface area contributed by atoms with Gasteiger partial charge in [0.25, 0.3) is 0 Å². The number of rotatable bonds is 2. The molecule has 0 saturated carbocycles. The predicted molar refractivity (Wildman–Crippen MR) is 86.7 cm³/mol. The molecule has 0 aliphatic carbocycles. The molecule has 2 nitrogen and oxygen atoms in total. The maximum atomic E-state index is 15.0. The molecular formula is C20H10F2N2. The first-order valence-corrected chi connectivity index (χ1v) is 7.12. The van der Waals surface area contributed by atoms with Gasteiger partial charge in [0.05, 0.1) is 23.3 Å². The average Bonchev–Trinajstić information content (AvgIpc) is 2.63. The Bertz CT molecular complexity index is 932. The second kappa shape index (κ2) is 6.32. The molecule has 0 bridgehead atoms. The van der Waals surface area contributed by atoms with Crippen LogP contribution in [-0.4, -0.2) is 0 Å². The fourth-order valence-corrected chi connectivity index (χ4v) is 2.52. The molecule has 0 aliphatic heterocycles. The lowest BCUT2D eigenvalue weighted by atomic mass is 9.96. The zero-order valence-electron chi connectivity index (χ0n) is 12.4. The van der Waals surface area contributed by atoms with E-state index < -0.39 is 11.6 Å². The molecular weight excluding hydrogens is 306 g/mol. The van der Waals surface area contributed by atoms with E-state index in [2.05, 4.69) is 0 Å². The second-order valence-corrected chi connectivity index (χ2v) is 5.20. The van der Waals surface area contributed by atoms with Crippen LogP contribution in [0.5, 0.6) is 0 Å². The summed E-state index contributed by atoms with van der Waals surface area (Å²) in [6, 6.07) is 18.8. The predicted octanol–water partition coefficient (Wildman–Crippen LogP) is 5.04. The van der Waals surface area contributed by atoms with Crippen LogP contribution in [0.2, 0.25) is 0 Å². The molecule has 114 valence electrons. The Morgan fingerprint density at radius 2 is 1.12 bits per heavy atom. The molecule has 24 heavy (non-hydrogen) atoms. The lowest BCUT2D eigenvalue weighted by molar-refractivity contribution is 0.606. The molecule has 3 aromatic rings. The summed E-state index contributed by atoms with van der Waals surface area (Å²) in [6.45, 7) is 0. The highest BCUT2D eigenvalue weighted by molar-refractivity contribution is 5.75. The molecule has 0 N–H and O–H groups in total. The molecule has 3 rings (SSSR count). The Balaban J connectivity index is 2.22. The van der Waals surface area contributed by atoms with Gasteiger partial charge in [0.1, 0.15) is 11.6 Å². The number of hydrogen-bond donors (Lipinski definition) is 0. The molecule has 0 atom stereocenters. The maximum Gasteiger partial charge on any atom is 0.139 e. The molecule has 0 radical (unpaired) electrons. The van der Waals surface area contributed by atoms with Gasteiger partial charge < -0.3 is 0 Å². The normalized spacial score (nSPS) is 10.0. The lowest BCUT2D eigenvalue weighted by Crippen LogP contribution is -1.93. The van der Waals surface area contributed by atoms with Crippen LogP contribution < -0.4 is 0 Å². The Morgan fingerprint density at radius 1 is 0.667 bits per heavy atom. The van der Waals surface area contributed by atoms with Crippen LogP contribution in [0.25, 0.3) is 22.3 Å². The Labute approximate surface area is 137 Å². The van der Waals surface area contributed by atoms with Crippen molar-refractivity contribution in [2.45, 2.75) is 0 Å². The third-order valence-corrected chi connectivity index (χ3v) is 3.64. The zero-order chi connectivity index (χ0) is 17.1. The second-order valence-electron chi connectivity index (χ2n) is 5.20. The minimum atomic E-state index is -0.596. The van der Waals surface area contributed by atoms with Crippen molar-refractivity contribution in [3.8, 4) is 34.4 Å². The Hall–Kier alpha value is -3.50. The summed E-state index contributed by atoms with van der Waals surface area (Å²) in [5.74, 6) is -1.19. The van der Waals surface area contributed by atoms with Gasteiger partial charge in [-0.15, -0.1) is 0 Å². The highest BCUT2D eigenvalue weighted by Crippen LogP contribution is 2.32. The summed E-state index contributed by atoms with van der Waals surface area (Å²) in [5.41, 5.74) is 1.72. The third kappa shape index (κ3) is 2.86. The molecule has 0 heterocycles. The number of nitriles is 2. The van der Waals surface area contributed by atoms with Crippen molar-refractivity contribution in [3.63, 3.8) is 0 Å². The number of nitrogens with zero attached hydrogens (tertiary/aromatic N) is 2. The van der Waals surface area contributed by atoms with Gasteiger partial charge in [0.15, 0.2) is 0 Å². The lowest BCUT2D eigenvalue weighted by Gasteiger charge is -2.10. The molecule has 0 unspecified atom stereocenters. The summed E-state index contributed by atoms with van der Waals surface area (Å²) >= 11 is 0. The van der Waals surface area contributed by atoms with Crippen molar-refractivity contribution in [1.82, 2.24) is 0 Å². The molecule has 0 fully saturated rings. The van der Waals surface area contributed by atoms with Gasteiger partial charge in [0, 0.05) is 11.1 Å². The molecule has 0 aromatic heterocycles. The van der Waals surface area contributed by atoms with Crippen molar-refractivity contribution in [1.29, 1.82) is 10.5 Å². The molecule has 0 saturated heterocycles. The molecule has 0 spiro atoms. The molecule has 0 aliphatic rings. The summed E-state index contributed by atoms with van der Waals surface area (Å²) in [7, 11) is 0. The van der Waals surface area contributed by atoms with Crippen LogP contribution in [0, 0.1) is 34.3 Å². The van der Waals surface area contributed by atoms with Crippen LogP contribution in [0.15, 0.2) is 60.7 Å². The number of halogens is 2. The first-order chi connectivity index (χ1) is 11.6. The smallest absolute Gasteiger partial charge is 0.139 e. The van der Waals surface area contributed by atoms with Crippen molar-refractivity contribution in [2.24, 2.45) is 0 Å². The minimum Gasteiger partial charge on any atom is -0.207 e. The largest absolute Gasteiger partial charge is 0.207 e. The van der Waals surface area contributed by atoms with E-state index in [0.717, 1.165) is 12.1 Å². The van der Waals surface area contributed by atoms with Crippen LogP contribution in [-0.2, 0) is 0 Å². The fraction of sp³-hybridized carbons (Fsp3) is 0. The van der Waals surface area contributed by atoms with Crippen molar-refractivity contribution < 1.29 is 8.78 Å². The molecule has 3 aromatic carbocycles. The average molecular weight is 316 g/mol. The van der Waals surface area contributed by atoms with E-state index in [1.54, 1.807) is 36.4 Å². The van der Waals surface area contributed by atoms with Crippen LogP contribution >= 0.6 is 0 Å². The van der Waals surface area contributed by atoms with Gasteiger partial charge in [-0.25, -0.2) is 8.78 Å². The summed E-state index contributed by atoms with van der Waals surface area (Å²) in [5, 5.41) is 17.9. The van der Waals surface area contributed by atoms with Crippen LogP contribution in [0.4, 0.5) is 8.78 Å². The zero-order valence-corrected chi connectivity index (χ0v) is 12.4.